The SMILES string of the molecule is Cn1cnc(C2CC3CC(O)(C#CC4(O)CC(c5ncc(C(F)(F)F)n5C)C4)CC3C2)c1C(=O)Nc1ccc(F)c(Cl)c1. The number of nitrogens with one attached hydrogen (secondary N) is 1. The van der Waals surface area contributed by atoms with Gasteiger partial charge < -0.3 is 24.7 Å². The summed E-state index contributed by atoms with van der Waals surface area (Å²) in [6.45, 7) is 0. The zero-order valence-corrected chi connectivity index (χ0v) is 24.2. The third-order valence-electron chi connectivity index (χ3n) is 9.16. The van der Waals surface area contributed by atoms with Gasteiger partial charge in [0.15, 0.2) is 0 Å². The van der Waals surface area contributed by atoms with Crippen LogP contribution < -0.4 is 5.32 Å². The molecule has 2 heterocycles. The molecular formula is C30H30ClF4N5O3. The van der Waals surface area contributed by atoms with E-state index in [1.54, 1.807) is 17.9 Å². The molecule has 2 aromatic heterocycles. The first-order chi connectivity index (χ1) is 20.1. The summed E-state index contributed by atoms with van der Waals surface area (Å²) in [5.74, 6) is 4.94. The number of hydrogen-bond acceptors (Lipinski definition) is 5. The number of nitrogens with zero attached hydrogens (tertiary/aromatic N) is 4. The average molecular weight is 620 g/mol. The Balaban J connectivity index is 1.08. The number of fused-ring (bicyclic) bond motifs is 1. The summed E-state index contributed by atoms with van der Waals surface area (Å²) in [6, 6.07) is 3.95. The molecule has 1 amide bonds. The molecule has 2 unspecified atom stereocenters. The molecule has 3 aliphatic rings. The quantitative estimate of drug-likeness (QED) is 0.276. The third-order valence-corrected chi connectivity index (χ3v) is 9.45. The fraction of sp³-hybridized carbons (Fsp3) is 0.500. The Morgan fingerprint density at radius 1 is 1.05 bits per heavy atom. The molecule has 1 aromatic carbocycles. The molecular weight excluding hydrogens is 590 g/mol. The van der Waals surface area contributed by atoms with Crippen LogP contribution in [0, 0.1) is 29.5 Å². The maximum Gasteiger partial charge on any atom is 0.432 e. The lowest BCUT2D eigenvalue weighted by atomic mass is 9.70. The number of rotatable bonds is 4. The summed E-state index contributed by atoms with van der Waals surface area (Å²) in [4.78, 5) is 21.6. The highest BCUT2D eigenvalue weighted by Gasteiger charge is 2.50. The molecule has 3 N–H and O–H groups in total. The zero-order valence-electron chi connectivity index (χ0n) is 23.4. The van der Waals surface area contributed by atoms with Gasteiger partial charge in [-0.2, -0.15) is 13.2 Å². The molecule has 0 bridgehead atoms. The minimum atomic E-state index is -4.51. The number of halogens is 5. The number of carbonyl (C=O) groups excluding carboxylic acids is 1. The van der Waals surface area contributed by atoms with E-state index in [-0.39, 0.29) is 53.3 Å². The summed E-state index contributed by atoms with van der Waals surface area (Å²) < 4.78 is 55.5. The number of carbonyl (C=O) groups is 1. The molecule has 3 aromatic rings. The van der Waals surface area contributed by atoms with Gasteiger partial charge in [0.25, 0.3) is 5.91 Å². The number of aliphatic hydroxyl groups is 2. The van der Waals surface area contributed by atoms with Crippen LogP contribution in [0.5, 0.6) is 0 Å². The molecule has 0 saturated heterocycles. The molecule has 6 rings (SSSR count). The highest BCUT2D eigenvalue weighted by molar-refractivity contribution is 6.31. The molecule has 13 heteroatoms. The van der Waals surface area contributed by atoms with Gasteiger partial charge in [0.2, 0.25) is 0 Å². The van der Waals surface area contributed by atoms with Crippen molar-refractivity contribution in [1.29, 1.82) is 0 Å². The fourth-order valence-corrected chi connectivity index (χ4v) is 7.30. The van der Waals surface area contributed by atoms with Gasteiger partial charge >= 0.3 is 6.18 Å². The minimum Gasteiger partial charge on any atom is -0.378 e. The molecule has 3 aliphatic carbocycles. The van der Waals surface area contributed by atoms with Crippen molar-refractivity contribution >= 4 is 23.2 Å². The van der Waals surface area contributed by atoms with Crippen LogP contribution in [-0.2, 0) is 20.3 Å². The minimum absolute atomic E-state index is 0.00205. The Labute approximate surface area is 250 Å². The van der Waals surface area contributed by atoms with E-state index in [1.165, 1.54) is 25.2 Å². The van der Waals surface area contributed by atoms with Crippen molar-refractivity contribution in [2.45, 2.75) is 67.7 Å². The molecule has 8 nitrogen and oxygen atoms in total. The van der Waals surface area contributed by atoms with Gasteiger partial charge in [-0.1, -0.05) is 23.4 Å². The predicted octanol–water partition coefficient (Wildman–Crippen LogP) is 5.16. The smallest absolute Gasteiger partial charge is 0.378 e. The number of amides is 1. The van der Waals surface area contributed by atoms with Crippen molar-refractivity contribution in [3.05, 3.63) is 64.5 Å². The lowest BCUT2D eigenvalue weighted by Gasteiger charge is -2.39. The van der Waals surface area contributed by atoms with Crippen LogP contribution in [0.1, 0.15) is 78.1 Å². The second kappa shape index (κ2) is 10.4. The van der Waals surface area contributed by atoms with Crippen molar-refractivity contribution in [3.63, 3.8) is 0 Å². The topological polar surface area (TPSA) is 105 Å². The first-order valence-corrected chi connectivity index (χ1v) is 14.4. The lowest BCUT2D eigenvalue weighted by molar-refractivity contribution is -0.143. The number of alkyl halides is 3. The standard InChI is InChI=1S/C30H30ClF4N5O3/c1-39-15-37-24(25(39)27(41)38-20-3-4-22(32)21(31)9-20)16-7-17-10-28(42,11-18(17)8-16)5-6-29(43)12-19(13-29)26-36-14-23(40(26)2)30(33,34)35/h3-4,9,14-19,42-43H,7-8,10-13H2,1-2H3,(H,38,41). The summed E-state index contributed by atoms with van der Waals surface area (Å²) in [6.07, 6.45) is 0.403. The van der Waals surface area contributed by atoms with Gasteiger partial charge in [-0.25, -0.2) is 14.4 Å². The Hall–Kier alpha value is -3.40. The Bertz CT molecular complexity index is 1630. The van der Waals surface area contributed by atoms with Crippen molar-refractivity contribution < 1.29 is 32.6 Å². The first-order valence-electron chi connectivity index (χ1n) is 14.0. The Morgan fingerprint density at radius 2 is 1.67 bits per heavy atom. The van der Waals surface area contributed by atoms with Gasteiger partial charge in [-0.05, 0) is 68.6 Å². The number of benzene rings is 1. The van der Waals surface area contributed by atoms with Gasteiger partial charge in [0, 0.05) is 31.6 Å². The van der Waals surface area contributed by atoms with Crippen LogP contribution in [0.2, 0.25) is 5.02 Å². The van der Waals surface area contributed by atoms with E-state index in [2.05, 4.69) is 27.1 Å². The zero-order chi connectivity index (χ0) is 30.9. The largest absolute Gasteiger partial charge is 0.432 e. The normalized spacial score (nSPS) is 30.0. The van der Waals surface area contributed by atoms with Gasteiger partial charge in [-0.3, -0.25) is 4.79 Å². The molecule has 3 fully saturated rings. The number of hydrogen-bond donors (Lipinski definition) is 3. The average Bonchev–Trinajstić information content (AvgIpc) is 3.64. The number of aromatic nitrogens is 4. The van der Waals surface area contributed by atoms with Crippen molar-refractivity contribution in [2.24, 2.45) is 25.9 Å². The van der Waals surface area contributed by atoms with Crippen LogP contribution in [0.15, 0.2) is 30.7 Å². The summed E-state index contributed by atoms with van der Waals surface area (Å²) in [7, 11) is 3.04. The molecule has 3 saturated carbocycles. The fourth-order valence-electron chi connectivity index (χ4n) is 7.12. The summed E-state index contributed by atoms with van der Waals surface area (Å²) in [5.41, 5.74) is -2.09. The second-order valence-corrected chi connectivity index (χ2v) is 12.7. The Kier molecular flexibility index (Phi) is 7.14. The number of imidazole rings is 2. The van der Waals surface area contributed by atoms with Gasteiger partial charge in [0.1, 0.15) is 34.2 Å². The van der Waals surface area contributed by atoms with Gasteiger partial charge in [0.05, 0.1) is 23.2 Å². The van der Waals surface area contributed by atoms with Crippen LogP contribution in [0.4, 0.5) is 23.2 Å². The van der Waals surface area contributed by atoms with Crippen LogP contribution in [0.3, 0.4) is 0 Å². The number of aryl methyl sites for hydroxylation is 1. The summed E-state index contributed by atoms with van der Waals surface area (Å²) in [5, 5.41) is 24.8. The van der Waals surface area contributed by atoms with E-state index >= 15 is 0 Å². The van der Waals surface area contributed by atoms with Crippen molar-refractivity contribution in [1.82, 2.24) is 19.1 Å². The third kappa shape index (κ3) is 5.54. The van der Waals surface area contributed by atoms with Crippen molar-refractivity contribution in [3.8, 4) is 11.8 Å². The van der Waals surface area contributed by atoms with E-state index in [9.17, 15) is 32.6 Å². The van der Waals surface area contributed by atoms with Crippen LogP contribution in [-0.4, -0.2) is 46.4 Å². The lowest BCUT2D eigenvalue weighted by Crippen LogP contribution is -2.42. The number of anilines is 1. The Morgan fingerprint density at radius 3 is 2.26 bits per heavy atom. The van der Waals surface area contributed by atoms with E-state index in [1.807, 2.05) is 0 Å². The molecule has 2 atom stereocenters. The highest BCUT2D eigenvalue weighted by atomic mass is 35.5. The van der Waals surface area contributed by atoms with Crippen molar-refractivity contribution in [2.75, 3.05) is 5.32 Å². The maximum absolute atomic E-state index is 13.5. The maximum atomic E-state index is 13.5. The van der Waals surface area contributed by atoms with Gasteiger partial charge in [-0.15, -0.1) is 0 Å². The molecule has 0 radical (unpaired) electrons. The van der Waals surface area contributed by atoms with E-state index in [4.69, 9.17) is 11.6 Å². The van der Waals surface area contributed by atoms with E-state index in [0.29, 0.717) is 42.8 Å². The van der Waals surface area contributed by atoms with Crippen LogP contribution in [0.25, 0.3) is 0 Å². The first kappa shape index (κ1) is 29.7. The van der Waals surface area contributed by atoms with Crippen LogP contribution >= 0.6 is 11.6 Å². The molecule has 228 valence electrons. The second-order valence-electron chi connectivity index (χ2n) is 12.2. The summed E-state index contributed by atoms with van der Waals surface area (Å²) >= 11 is 5.85. The van der Waals surface area contributed by atoms with E-state index < -0.39 is 28.9 Å². The highest BCUT2D eigenvalue weighted by Crippen LogP contribution is 2.54. The van der Waals surface area contributed by atoms with E-state index in [0.717, 1.165) is 10.8 Å². The monoisotopic (exact) mass is 619 g/mol. The predicted molar refractivity (Wildman–Crippen MR) is 149 cm³/mol. The molecule has 43 heavy (non-hydrogen) atoms. The molecule has 0 aliphatic heterocycles. The molecule has 0 spiro atoms.